The van der Waals surface area contributed by atoms with Gasteiger partial charge in [-0.3, -0.25) is 4.79 Å². The van der Waals surface area contributed by atoms with Gasteiger partial charge < -0.3 is 4.90 Å². The predicted molar refractivity (Wildman–Crippen MR) is 135 cm³/mol. The van der Waals surface area contributed by atoms with E-state index in [1.54, 1.807) is 12.1 Å². The Morgan fingerprint density at radius 2 is 1.32 bits per heavy atom. The number of hydrogen-bond donors (Lipinski definition) is 1. The number of ketones is 1. The van der Waals surface area contributed by atoms with Gasteiger partial charge in [0.05, 0.1) is 9.79 Å². The van der Waals surface area contributed by atoms with Gasteiger partial charge in [-0.05, 0) is 78.1 Å². The molecule has 12 heteroatoms. The molecule has 0 atom stereocenters. The first-order valence-corrected chi connectivity index (χ1v) is 14.7. The number of fused-ring (bicyclic) bond motifs is 1. The lowest BCUT2D eigenvalue weighted by Gasteiger charge is -2.20. The summed E-state index contributed by atoms with van der Waals surface area (Å²) >= 11 is 0. The molecule has 1 N–H and O–H groups in total. The number of hydrogen-bond acceptors (Lipinski definition) is 6. The molecule has 0 bridgehead atoms. The van der Waals surface area contributed by atoms with E-state index in [0.29, 0.717) is 18.4 Å². The maximum Gasteiger partial charge on any atom is 0.331 e. The zero-order valence-electron chi connectivity index (χ0n) is 20.1. The first-order chi connectivity index (χ1) is 17.9. The van der Waals surface area contributed by atoms with Crippen LogP contribution in [0.2, 0.25) is 0 Å². The Morgan fingerprint density at radius 1 is 0.763 bits per heavy atom. The summed E-state index contributed by atoms with van der Waals surface area (Å²) < 4.78 is 78.1. The average molecular weight is 563 g/mol. The van der Waals surface area contributed by atoms with Crippen LogP contribution in [0.3, 0.4) is 0 Å². The molecule has 1 aliphatic heterocycles. The predicted octanol–water partition coefficient (Wildman–Crippen LogP) is 3.05. The van der Waals surface area contributed by atoms with Crippen LogP contribution in [-0.4, -0.2) is 52.4 Å². The summed E-state index contributed by atoms with van der Waals surface area (Å²) in [5.74, 6) is -2.41. The topological polar surface area (TPSA) is 118 Å². The minimum Gasteiger partial charge on any atom is -0.323 e. The number of urea groups is 1. The van der Waals surface area contributed by atoms with Crippen molar-refractivity contribution >= 4 is 31.7 Å². The molecule has 200 valence electrons. The Bertz CT molecular complexity index is 1570. The first kappa shape index (κ1) is 27.4. The van der Waals surface area contributed by atoms with E-state index < -0.39 is 49.1 Å². The van der Waals surface area contributed by atoms with Gasteiger partial charge in [-0.2, -0.15) is 0 Å². The second-order valence-electron chi connectivity index (χ2n) is 8.88. The van der Waals surface area contributed by atoms with Crippen LogP contribution in [0.5, 0.6) is 0 Å². The van der Waals surface area contributed by atoms with E-state index in [2.05, 4.69) is 0 Å². The minimum absolute atomic E-state index is 0.117. The van der Waals surface area contributed by atoms with E-state index in [4.69, 9.17) is 0 Å². The molecule has 0 aromatic heterocycles. The van der Waals surface area contributed by atoms with Gasteiger partial charge in [-0.1, -0.05) is 18.2 Å². The van der Waals surface area contributed by atoms with Crippen molar-refractivity contribution < 1.29 is 35.2 Å². The molecular weight excluding hydrogens is 538 g/mol. The number of amides is 2. The molecule has 2 amide bonds. The van der Waals surface area contributed by atoms with Gasteiger partial charge in [0.15, 0.2) is 15.6 Å². The summed E-state index contributed by atoms with van der Waals surface area (Å²) in [4.78, 5) is 26.2. The Balaban J connectivity index is 1.38. The van der Waals surface area contributed by atoms with Crippen molar-refractivity contribution in [2.24, 2.45) is 0 Å². The van der Waals surface area contributed by atoms with Gasteiger partial charge in [0.1, 0.15) is 17.4 Å². The zero-order chi connectivity index (χ0) is 27.5. The van der Waals surface area contributed by atoms with Gasteiger partial charge in [0, 0.05) is 19.5 Å². The molecule has 0 saturated carbocycles. The fourth-order valence-electron chi connectivity index (χ4n) is 4.16. The SMILES string of the molecule is O=C(Cc1ccc2c(c1)CCN(C(=O)NS(=O)(=O)c1ccc(F)cc1)CC2)CS(=O)(=O)c1ccc(F)cc1. The van der Waals surface area contributed by atoms with E-state index in [0.717, 1.165) is 59.7 Å². The van der Waals surface area contributed by atoms with Gasteiger partial charge in [0.2, 0.25) is 0 Å². The normalized spacial score (nSPS) is 13.9. The third kappa shape index (κ3) is 6.62. The van der Waals surface area contributed by atoms with Crippen molar-refractivity contribution in [3.63, 3.8) is 0 Å². The number of nitrogens with one attached hydrogen (secondary N) is 1. The van der Waals surface area contributed by atoms with Crippen molar-refractivity contribution in [1.82, 2.24) is 9.62 Å². The number of Topliss-reactive ketones (excluding diaryl/α,β-unsaturated/α-hetero) is 1. The Kier molecular flexibility index (Phi) is 7.93. The first-order valence-electron chi connectivity index (χ1n) is 11.6. The molecule has 4 rings (SSSR count). The van der Waals surface area contributed by atoms with Crippen molar-refractivity contribution in [1.29, 1.82) is 0 Å². The van der Waals surface area contributed by atoms with Gasteiger partial charge >= 0.3 is 6.03 Å². The molecule has 0 fully saturated rings. The highest BCUT2D eigenvalue weighted by Crippen LogP contribution is 2.20. The standard InChI is InChI=1S/C26H24F2N2O6S2/c27-21-3-7-24(8-4-21)37(33,34)17-23(31)16-18-1-2-19-11-13-30(14-12-20(19)15-18)26(32)29-38(35,36)25-9-5-22(28)6-10-25/h1-10,15H,11-14,16-17H2,(H,29,32). The smallest absolute Gasteiger partial charge is 0.323 e. The summed E-state index contributed by atoms with van der Waals surface area (Å²) in [7, 11) is -8.08. The number of halogens is 2. The molecule has 1 heterocycles. The van der Waals surface area contributed by atoms with E-state index in [1.165, 1.54) is 4.90 Å². The number of nitrogens with zero attached hydrogens (tertiary/aromatic N) is 1. The second kappa shape index (κ2) is 11.0. The fraction of sp³-hybridized carbons (Fsp3) is 0.231. The van der Waals surface area contributed by atoms with Gasteiger partial charge in [-0.15, -0.1) is 0 Å². The van der Waals surface area contributed by atoms with E-state index in [-0.39, 0.29) is 29.3 Å². The molecule has 38 heavy (non-hydrogen) atoms. The summed E-state index contributed by atoms with van der Waals surface area (Å²) in [6, 6.07) is 12.9. The van der Waals surface area contributed by atoms with Crippen molar-refractivity contribution in [3.8, 4) is 0 Å². The Hall–Kier alpha value is -3.64. The monoisotopic (exact) mass is 562 g/mol. The number of sulfonamides is 1. The Morgan fingerprint density at radius 3 is 1.92 bits per heavy atom. The number of carbonyl (C=O) groups excluding carboxylic acids is 2. The largest absolute Gasteiger partial charge is 0.331 e. The summed E-state index contributed by atoms with van der Waals surface area (Å²) in [6.07, 6.45) is 0.732. The van der Waals surface area contributed by atoms with Crippen molar-refractivity contribution in [2.45, 2.75) is 29.1 Å². The Labute approximate surface area is 219 Å². The molecule has 1 aliphatic rings. The molecule has 0 radical (unpaired) electrons. The number of benzene rings is 3. The van der Waals surface area contributed by atoms with Gasteiger partial charge in [-0.25, -0.2) is 35.1 Å². The lowest BCUT2D eigenvalue weighted by atomic mass is 9.98. The van der Waals surface area contributed by atoms with E-state index >= 15 is 0 Å². The third-order valence-corrected chi connectivity index (χ3v) is 9.16. The van der Waals surface area contributed by atoms with Crippen LogP contribution in [0.1, 0.15) is 16.7 Å². The molecule has 8 nitrogen and oxygen atoms in total. The maximum atomic E-state index is 13.1. The zero-order valence-corrected chi connectivity index (χ0v) is 21.7. The van der Waals surface area contributed by atoms with Crippen LogP contribution in [0.25, 0.3) is 0 Å². The van der Waals surface area contributed by atoms with Crippen molar-refractivity contribution in [3.05, 3.63) is 95.1 Å². The van der Waals surface area contributed by atoms with Crippen LogP contribution < -0.4 is 4.72 Å². The average Bonchev–Trinajstić information content (AvgIpc) is 3.06. The number of carbonyl (C=O) groups is 2. The van der Waals surface area contributed by atoms with E-state index in [9.17, 15) is 35.2 Å². The highest BCUT2D eigenvalue weighted by molar-refractivity contribution is 7.92. The van der Waals surface area contributed by atoms with Crippen molar-refractivity contribution in [2.75, 3.05) is 18.8 Å². The molecule has 0 aliphatic carbocycles. The van der Waals surface area contributed by atoms with Gasteiger partial charge in [0.25, 0.3) is 10.0 Å². The molecule has 3 aromatic carbocycles. The third-order valence-electron chi connectivity index (χ3n) is 6.13. The molecular formula is C26H24F2N2O6S2. The second-order valence-corrected chi connectivity index (χ2v) is 12.6. The lowest BCUT2D eigenvalue weighted by Crippen LogP contribution is -2.43. The summed E-state index contributed by atoms with van der Waals surface area (Å²) in [5, 5.41) is 0. The quantitative estimate of drug-likeness (QED) is 0.443. The summed E-state index contributed by atoms with van der Waals surface area (Å²) in [5.41, 5.74) is 2.41. The van der Waals surface area contributed by atoms with Crippen LogP contribution in [0.15, 0.2) is 76.5 Å². The molecule has 0 saturated heterocycles. The molecule has 0 unspecified atom stereocenters. The highest BCUT2D eigenvalue weighted by Gasteiger charge is 2.25. The lowest BCUT2D eigenvalue weighted by molar-refractivity contribution is -0.116. The highest BCUT2D eigenvalue weighted by atomic mass is 32.2. The van der Waals surface area contributed by atoms with Crippen LogP contribution in [0, 0.1) is 11.6 Å². The maximum absolute atomic E-state index is 13.1. The van der Waals surface area contributed by atoms with E-state index in [1.807, 2.05) is 10.8 Å². The number of sulfone groups is 1. The van der Waals surface area contributed by atoms with Crippen LogP contribution in [0.4, 0.5) is 13.6 Å². The molecule has 0 spiro atoms. The fourth-order valence-corrected chi connectivity index (χ4v) is 6.37. The molecule has 3 aromatic rings. The number of rotatable bonds is 7. The van der Waals surface area contributed by atoms with Crippen LogP contribution in [-0.2, 0) is 43.9 Å². The summed E-state index contributed by atoms with van der Waals surface area (Å²) in [6.45, 7) is 0.472. The minimum atomic E-state index is -4.18. The van der Waals surface area contributed by atoms with Crippen LogP contribution >= 0.6 is 0 Å².